The van der Waals surface area contributed by atoms with Crippen LogP contribution in [0.1, 0.15) is 86.0 Å². The third-order valence-corrected chi connectivity index (χ3v) is 6.79. The largest absolute Gasteiger partial charge is 0.326 e. The summed E-state index contributed by atoms with van der Waals surface area (Å²) in [5.41, 5.74) is 8.77. The van der Waals surface area contributed by atoms with E-state index in [0.29, 0.717) is 37.9 Å². The smallest absolute Gasteiger partial charge is 0.270 e. The number of Topliss-reactive ketones (excluding diaryl/α,β-unsaturated/α-hetero) is 2. The van der Waals surface area contributed by atoms with E-state index in [-0.39, 0.29) is 41.4 Å². The first-order valence-corrected chi connectivity index (χ1v) is 16.0. The van der Waals surface area contributed by atoms with Crippen molar-refractivity contribution in [2.75, 3.05) is 0 Å². The topological polar surface area (TPSA) is 176 Å². The predicted molar refractivity (Wildman–Crippen MR) is 199 cm³/mol. The van der Waals surface area contributed by atoms with Crippen LogP contribution in [-0.2, 0) is 22.7 Å². The molecule has 1 unspecified atom stereocenters. The molecule has 3 N–H and O–H groups in total. The number of nitro benzene ring substituents is 2. The van der Waals surface area contributed by atoms with Crippen molar-refractivity contribution in [2.45, 2.75) is 72.0 Å². The zero-order chi connectivity index (χ0) is 36.4. The summed E-state index contributed by atoms with van der Waals surface area (Å²) in [7, 11) is 0. The van der Waals surface area contributed by atoms with Gasteiger partial charge in [-0.2, -0.15) is 0 Å². The normalized spacial score (nSPS) is 10.2. The number of hydrogen-bond donors (Lipinski definition) is 2. The lowest BCUT2D eigenvalue weighted by molar-refractivity contribution is -0.385. The number of non-ortho nitro benzene ring substituents is 2. The van der Waals surface area contributed by atoms with Gasteiger partial charge in [0.15, 0.2) is 5.78 Å². The Hall–Kier alpha value is -5.10. The summed E-state index contributed by atoms with van der Waals surface area (Å²) in [6, 6.07) is 31.8. The molecule has 4 aromatic carbocycles. The van der Waals surface area contributed by atoms with E-state index in [1.54, 1.807) is 18.2 Å². The lowest BCUT2D eigenvalue weighted by atomic mass is 9.98. The van der Waals surface area contributed by atoms with Crippen LogP contribution >= 0.6 is 12.4 Å². The third kappa shape index (κ3) is 19.0. The number of halogens is 1. The molecule has 4 rings (SSSR count). The number of hydrogen-bond acceptors (Lipinski definition) is 9. The van der Waals surface area contributed by atoms with Gasteiger partial charge in [0, 0.05) is 68.2 Å². The third-order valence-electron chi connectivity index (χ3n) is 6.79. The Balaban J connectivity index is 0.000000763. The zero-order valence-corrected chi connectivity index (χ0v) is 29.6. The summed E-state index contributed by atoms with van der Waals surface area (Å²) in [5.74, 6) is -0.00623. The van der Waals surface area contributed by atoms with Crippen molar-refractivity contribution in [1.29, 1.82) is 0 Å². The van der Waals surface area contributed by atoms with Crippen LogP contribution in [0.2, 0.25) is 0 Å². The molecular formula is C38H47ClN4O7. The average molecular weight is 707 g/mol. The molecule has 0 aliphatic carbocycles. The maximum atomic E-state index is 12.1. The number of rotatable bonds is 14. The highest BCUT2D eigenvalue weighted by Crippen LogP contribution is 2.23. The van der Waals surface area contributed by atoms with Crippen molar-refractivity contribution in [1.82, 2.24) is 5.32 Å². The van der Waals surface area contributed by atoms with Crippen molar-refractivity contribution in [3.63, 3.8) is 0 Å². The maximum absolute atomic E-state index is 12.1. The Morgan fingerprint density at radius 3 is 1.76 bits per heavy atom. The Bertz CT molecular complexity index is 1560. The van der Waals surface area contributed by atoms with Gasteiger partial charge in [0.1, 0.15) is 12.1 Å². The van der Waals surface area contributed by atoms with Crippen LogP contribution in [-0.4, -0.2) is 27.7 Å². The van der Waals surface area contributed by atoms with Gasteiger partial charge in [-0.1, -0.05) is 98.8 Å². The van der Waals surface area contributed by atoms with Crippen LogP contribution in [0.15, 0.2) is 109 Å². The van der Waals surface area contributed by atoms with Gasteiger partial charge in [-0.05, 0) is 36.5 Å². The summed E-state index contributed by atoms with van der Waals surface area (Å²) < 4.78 is 0. The molecule has 4 aromatic rings. The Morgan fingerprint density at radius 1 is 0.780 bits per heavy atom. The number of nitro groups is 2. The molecule has 0 fully saturated rings. The summed E-state index contributed by atoms with van der Waals surface area (Å²) in [6.45, 7) is 6.57. The number of nitrogens with one attached hydrogen (secondary N) is 1. The number of carbonyl (C=O) groups excluding carboxylic acids is 3. The van der Waals surface area contributed by atoms with E-state index < -0.39 is 9.85 Å². The minimum absolute atomic E-state index is 0. The summed E-state index contributed by atoms with van der Waals surface area (Å²) in [5, 5.41) is 24.6. The Labute approximate surface area is 300 Å². The molecule has 0 bridgehead atoms. The van der Waals surface area contributed by atoms with Gasteiger partial charge in [-0.15, -0.1) is 12.4 Å². The van der Waals surface area contributed by atoms with Crippen LogP contribution in [0.3, 0.4) is 0 Å². The van der Waals surface area contributed by atoms with Crippen molar-refractivity contribution < 1.29 is 24.2 Å². The van der Waals surface area contributed by atoms with Crippen LogP contribution in [0.25, 0.3) is 0 Å². The summed E-state index contributed by atoms with van der Waals surface area (Å²) >= 11 is 0. The molecule has 0 aromatic heterocycles. The minimum atomic E-state index is -0.521. The molecule has 0 spiro atoms. The molecule has 0 saturated carbocycles. The van der Waals surface area contributed by atoms with Crippen LogP contribution < -0.4 is 11.1 Å². The van der Waals surface area contributed by atoms with E-state index in [1.165, 1.54) is 36.8 Å². The number of carbonyl (C=O) groups is 3. The van der Waals surface area contributed by atoms with Crippen LogP contribution in [0.5, 0.6) is 0 Å². The predicted octanol–water partition coefficient (Wildman–Crippen LogP) is 8.53. The Morgan fingerprint density at radius 2 is 1.32 bits per heavy atom. The van der Waals surface area contributed by atoms with Gasteiger partial charge >= 0.3 is 0 Å². The van der Waals surface area contributed by atoms with Crippen molar-refractivity contribution in [3.8, 4) is 0 Å². The highest BCUT2D eigenvalue weighted by Gasteiger charge is 2.18. The van der Waals surface area contributed by atoms with E-state index in [4.69, 9.17) is 5.73 Å². The second-order valence-corrected chi connectivity index (χ2v) is 10.8. The first kappa shape index (κ1) is 44.9. The SMILES string of the molecule is CC(=O)c1cccc([N+](=O)[O-])c1.CCCC(=O)CC(NCc1ccccc1)c1cccc([N+](=O)[O-])c1.CCCC=O.Cl.NCc1ccccc1. The van der Waals surface area contributed by atoms with Gasteiger partial charge < -0.3 is 15.8 Å². The molecule has 0 radical (unpaired) electrons. The first-order valence-electron chi connectivity index (χ1n) is 16.0. The number of nitrogens with zero attached hydrogens (tertiary/aromatic N) is 2. The lowest BCUT2D eigenvalue weighted by Crippen LogP contribution is -2.23. The fourth-order valence-corrected chi connectivity index (χ4v) is 4.18. The monoisotopic (exact) mass is 706 g/mol. The highest BCUT2D eigenvalue weighted by atomic mass is 35.5. The molecule has 0 aliphatic heterocycles. The van der Waals surface area contributed by atoms with Crippen molar-refractivity contribution in [2.24, 2.45) is 5.73 Å². The Kier molecular flexibility index (Phi) is 24.1. The van der Waals surface area contributed by atoms with Gasteiger partial charge in [0.25, 0.3) is 11.4 Å². The van der Waals surface area contributed by atoms with Crippen LogP contribution in [0, 0.1) is 20.2 Å². The molecule has 0 aliphatic rings. The first-order chi connectivity index (χ1) is 23.6. The van der Waals surface area contributed by atoms with Crippen molar-refractivity contribution >= 4 is 41.6 Å². The van der Waals surface area contributed by atoms with E-state index in [0.717, 1.165) is 30.3 Å². The minimum Gasteiger partial charge on any atom is -0.326 e. The zero-order valence-electron chi connectivity index (χ0n) is 28.7. The maximum Gasteiger partial charge on any atom is 0.270 e. The van der Waals surface area contributed by atoms with Gasteiger partial charge in [-0.25, -0.2) is 0 Å². The standard InChI is InChI=1S/C19H22N2O3.C8H7NO3.C7H9N.C4H8O.ClH/c1-2-7-18(22)13-19(20-14-15-8-4-3-5-9-15)16-10-6-11-17(12-16)21(23)24;1-6(10)7-3-2-4-8(5-7)9(11)12;8-6-7-4-2-1-3-5-7;1-2-3-4-5;/h3-6,8-12,19-20H,2,7,13-14H2,1H3;2-5H,1H3;1-5H,6,8H2;4H,2-3H2,1H3;1H. The highest BCUT2D eigenvalue weighted by molar-refractivity contribution is 5.94. The fourth-order valence-electron chi connectivity index (χ4n) is 4.18. The molecule has 12 heteroatoms. The molecule has 50 heavy (non-hydrogen) atoms. The van der Waals surface area contributed by atoms with Crippen molar-refractivity contribution in [3.05, 3.63) is 152 Å². The van der Waals surface area contributed by atoms with Gasteiger partial charge in [0.2, 0.25) is 0 Å². The molecule has 0 amide bonds. The van der Waals surface area contributed by atoms with Gasteiger partial charge in [-0.3, -0.25) is 29.8 Å². The molecule has 0 heterocycles. The molecule has 11 nitrogen and oxygen atoms in total. The van der Waals surface area contributed by atoms with E-state index in [1.807, 2.05) is 80.6 Å². The summed E-state index contributed by atoms with van der Waals surface area (Å²) in [4.78, 5) is 52.6. The van der Waals surface area contributed by atoms with Gasteiger partial charge in [0.05, 0.1) is 9.85 Å². The average Bonchev–Trinajstić information content (AvgIpc) is 3.12. The number of benzene rings is 4. The molecule has 0 saturated heterocycles. The van der Waals surface area contributed by atoms with E-state index in [2.05, 4.69) is 5.32 Å². The number of ketones is 2. The summed E-state index contributed by atoms with van der Waals surface area (Å²) in [6.07, 6.45) is 4.28. The molecular weight excluding hydrogens is 660 g/mol. The second kappa shape index (κ2) is 26.8. The van der Waals surface area contributed by atoms with E-state index >= 15 is 0 Å². The number of aldehydes is 1. The number of unbranched alkanes of at least 4 members (excludes halogenated alkanes) is 1. The van der Waals surface area contributed by atoms with Crippen LogP contribution in [0.4, 0.5) is 11.4 Å². The fraction of sp³-hybridized carbons (Fsp3) is 0.289. The number of nitrogens with two attached hydrogens (primary N) is 1. The molecule has 268 valence electrons. The van der Waals surface area contributed by atoms with E-state index in [9.17, 15) is 34.6 Å². The second-order valence-electron chi connectivity index (χ2n) is 10.8. The lowest BCUT2D eigenvalue weighted by Gasteiger charge is -2.19. The quantitative estimate of drug-likeness (QED) is 0.0563. The molecule has 1 atom stereocenters.